The van der Waals surface area contributed by atoms with E-state index in [1.807, 2.05) is 24.3 Å². The summed E-state index contributed by atoms with van der Waals surface area (Å²) in [5, 5.41) is 10.3. The second kappa shape index (κ2) is 6.88. The Bertz CT molecular complexity index is 771. The van der Waals surface area contributed by atoms with Crippen molar-refractivity contribution in [1.29, 1.82) is 0 Å². The molecule has 0 aliphatic heterocycles. The highest BCUT2D eigenvalue weighted by Crippen LogP contribution is 2.25. The van der Waals surface area contributed by atoms with Gasteiger partial charge in [0.05, 0.1) is 5.69 Å². The molecule has 1 unspecified atom stereocenters. The third-order valence-corrected chi connectivity index (χ3v) is 4.04. The largest absolute Gasteiger partial charge is 0.301 e. The summed E-state index contributed by atoms with van der Waals surface area (Å²) in [4.78, 5) is 8.66. The van der Waals surface area contributed by atoms with Crippen LogP contribution in [0.5, 0.6) is 0 Å². The van der Waals surface area contributed by atoms with Crippen LogP contribution in [0.4, 0.5) is 4.39 Å². The number of nitrogens with one attached hydrogen (secondary N) is 2. The lowest BCUT2D eigenvalue weighted by Gasteiger charge is -2.28. The Morgan fingerprint density at radius 2 is 2.04 bits per heavy atom. The van der Waals surface area contributed by atoms with E-state index in [-0.39, 0.29) is 17.3 Å². The Morgan fingerprint density at radius 1 is 1.17 bits per heavy atom. The van der Waals surface area contributed by atoms with Crippen molar-refractivity contribution in [3.05, 3.63) is 77.9 Å². The molecule has 1 atom stereocenters. The quantitative estimate of drug-likeness (QED) is 0.731. The molecule has 2 N–H and O–H groups in total. The van der Waals surface area contributed by atoms with Gasteiger partial charge in [-0.25, -0.2) is 9.37 Å². The molecule has 0 saturated heterocycles. The summed E-state index contributed by atoms with van der Waals surface area (Å²) >= 11 is 0. The normalized spacial score (nSPS) is 13.0. The van der Waals surface area contributed by atoms with Crippen LogP contribution in [0.25, 0.3) is 0 Å². The van der Waals surface area contributed by atoms with Crippen LogP contribution in [0, 0.1) is 5.82 Å². The standard InChI is InChI=1S/C18H20FN5/c1-18(2,13-6-5-7-14(19)10-13)11-21-16(17-22-12-23-24-17)15-8-3-4-9-20-15/h3-10,12,16,21H,11H2,1-2H3,(H,22,23,24). The minimum Gasteiger partial charge on any atom is -0.301 e. The Labute approximate surface area is 140 Å². The number of aromatic nitrogens is 4. The average Bonchev–Trinajstić information content (AvgIpc) is 3.10. The first-order valence-electron chi connectivity index (χ1n) is 7.82. The molecule has 6 heteroatoms. The molecule has 24 heavy (non-hydrogen) atoms. The van der Waals surface area contributed by atoms with Crippen molar-refractivity contribution in [3.63, 3.8) is 0 Å². The zero-order valence-electron chi connectivity index (χ0n) is 13.7. The number of halogens is 1. The van der Waals surface area contributed by atoms with E-state index in [9.17, 15) is 4.39 Å². The van der Waals surface area contributed by atoms with Gasteiger partial charge in [-0.3, -0.25) is 10.1 Å². The number of aromatic amines is 1. The number of benzene rings is 1. The van der Waals surface area contributed by atoms with Gasteiger partial charge in [0, 0.05) is 18.2 Å². The Kier molecular flexibility index (Phi) is 4.66. The molecule has 3 aromatic rings. The molecule has 0 amide bonds. The summed E-state index contributed by atoms with van der Waals surface area (Å²) in [5.74, 6) is 0.473. The molecule has 0 aliphatic rings. The van der Waals surface area contributed by atoms with Gasteiger partial charge in [0.2, 0.25) is 0 Å². The van der Waals surface area contributed by atoms with Crippen LogP contribution in [0.1, 0.15) is 37.0 Å². The predicted octanol–water partition coefficient (Wildman–Crippen LogP) is 3.00. The van der Waals surface area contributed by atoms with Gasteiger partial charge < -0.3 is 5.32 Å². The van der Waals surface area contributed by atoms with Gasteiger partial charge in [0.1, 0.15) is 24.0 Å². The van der Waals surface area contributed by atoms with Crippen LogP contribution >= 0.6 is 0 Å². The fourth-order valence-corrected chi connectivity index (χ4v) is 2.61. The van der Waals surface area contributed by atoms with Gasteiger partial charge >= 0.3 is 0 Å². The van der Waals surface area contributed by atoms with Gasteiger partial charge in [-0.2, -0.15) is 5.10 Å². The molecule has 2 aromatic heterocycles. The highest BCUT2D eigenvalue weighted by Gasteiger charge is 2.25. The van der Waals surface area contributed by atoms with Gasteiger partial charge in [0.25, 0.3) is 0 Å². The zero-order valence-corrected chi connectivity index (χ0v) is 13.7. The second-order valence-corrected chi connectivity index (χ2v) is 6.33. The third-order valence-electron chi connectivity index (χ3n) is 4.04. The predicted molar refractivity (Wildman–Crippen MR) is 89.9 cm³/mol. The van der Waals surface area contributed by atoms with Crippen molar-refractivity contribution in [2.24, 2.45) is 0 Å². The Morgan fingerprint density at radius 3 is 2.71 bits per heavy atom. The first-order valence-corrected chi connectivity index (χ1v) is 7.82. The fourth-order valence-electron chi connectivity index (χ4n) is 2.61. The van der Waals surface area contributed by atoms with Gasteiger partial charge in [0.15, 0.2) is 0 Å². The van der Waals surface area contributed by atoms with E-state index in [2.05, 4.69) is 39.3 Å². The molecule has 0 aliphatic carbocycles. The average molecular weight is 325 g/mol. The number of hydrogen-bond acceptors (Lipinski definition) is 4. The van der Waals surface area contributed by atoms with E-state index < -0.39 is 0 Å². The number of rotatable bonds is 6. The molecule has 0 bridgehead atoms. The molecular formula is C18H20FN5. The first kappa shape index (κ1) is 16.3. The molecule has 0 fully saturated rings. The van der Waals surface area contributed by atoms with Crippen LogP contribution in [-0.4, -0.2) is 26.7 Å². The zero-order chi connectivity index (χ0) is 17.0. The number of pyridine rings is 1. The number of hydrogen-bond donors (Lipinski definition) is 2. The van der Waals surface area contributed by atoms with Crippen LogP contribution in [0.3, 0.4) is 0 Å². The van der Waals surface area contributed by atoms with E-state index in [4.69, 9.17) is 0 Å². The summed E-state index contributed by atoms with van der Waals surface area (Å²) < 4.78 is 13.5. The molecule has 2 heterocycles. The topological polar surface area (TPSA) is 66.5 Å². The summed E-state index contributed by atoms with van der Waals surface area (Å²) in [5.41, 5.74) is 1.53. The van der Waals surface area contributed by atoms with E-state index in [0.29, 0.717) is 12.4 Å². The number of nitrogens with zero attached hydrogens (tertiary/aromatic N) is 3. The number of H-pyrrole nitrogens is 1. The molecule has 0 spiro atoms. The molecule has 5 nitrogen and oxygen atoms in total. The molecule has 3 rings (SSSR count). The van der Waals surface area contributed by atoms with Crippen molar-refractivity contribution in [2.75, 3.05) is 6.54 Å². The van der Waals surface area contributed by atoms with Crippen LogP contribution in [-0.2, 0) is 5.41 Å². The van der Waals surface area contributed by atoms with E-state index >= 15 is 0 Å². The van der Waals surface area contributed by atoms with Crippen molar-refractivity contribution < 1.29 is 4.39 Å². The van der Waals surface area contributed by atoms with Crippen LogP contribution in [0.15, 0.2) is 55.0 Å². The molecule has 0 saturated carbocycles. The highest BCUT2D eigenvalue weighted by molar-refractivity contribution is 5.25. The SMILES string of the molecule is CC(C)(CNC(c1ccccn1)c1ncn[nH]1)c1cccc(F)c1. The van der Waals surface area contributed by atoms with Crippen molar-refractivity contribution in [3.8, 4) is 0 Å². The summed E-state index contributed by atoms with van der Waals surface area (Å²) in [6.45, 7) is 4.77. The molecule has 124 valence electrons. The fraction of sp³-hybridized carbons (Fsp3) is 0.278. The summed E-state index contributed by atoms with van der Waals surface area (Å²) in [7, 11) is 0. The van der Waals surface area contributed by atoms with E-state index in [0.717, 1.165) is 11.3 Å². The Hall–Kier alpha value is -2.60. The van der Waals surface area contributed by atoms with Crippen molar-refractivity contribution >= 4 is 0 Å². The lowest BCUT2D eigenvalue weighted by Crippen LogP contribution is -2.36. The molecular weight excluding hydrogens is 305 g/mol. The smallest absolute Gasteiger partial charge is 0.147 e. The summed E-state index contributed by atoms with van der Waals surface area (Å²) in [6, 6.07) is 12.2. The minimum absolute atomic E-state index is 0.207. The maximum Gasteiger partial charge on any atom is 0.147 e. The first-order chi connectivity index (χ1) is 11.6. The monoisotopic (exact) mass is 325 g/mol. The van der Waals surface area contributed by atoms with E-state index in [1.165, 1.54) is 12.4 Å². The maximum absolute atomic E-state index is 13.5. The van der Waals surface area contributed by atoms with Gasteiger partial charge in [-0.05, 0) is 29.8 Å². The van der Waals surface area contributed by atoms with Crippen molar-refractivity contribution in [1.82, 2.24) is 25.5 Å². The lowest BCUT2D eigenvalue weighted by molar-refractivity contribution is 0.433. The molecule has 1 aromatic carbocycles. The summed E-state index contributed by atoms with van der Waals surface area (Å²) in [6.07, 6.45) is 3.22. The Balaban J connectivity index is 1.81. The minimum atomic E-state index is -0.255. The third kappa shape index (κ3) is 3.65. The van der Waals surface area contributed by atoms with Crippen molar-refractivity contribution in [2.45, 2.75) is 25.3 Å². The highest BCUT2D eigenvalue weighted by atomic mass is 19.1. The van der Waals surface area contributed by atoms with Crippen LogP contribution < -0.4 is 5.32 Å². The van der Waals surface area contributed by atoms with Crippen LogP contribution in [0.2, 0.25) is 0 Å². The molecule has 0 radical (unpaired) electrons. The lowest BCUT2D eigenvalue weighted by atomic mass is 9.84. The van der Waals surface area contributed by atoms with Gasteiger partial charge in [-0.15, -0.1) is 0 Å². The van der Waals surface area contributed by atoms with Gasteiger partial charge in [-0.1, -0.05) is 32.0 Å². The second-order valence-electron chi connectivity index (χ2n) is 6.33. The van der Waals surface area contributed by atoms with E-state index in [1.54, 1.807) is 18.3 Å². The maximum atomic E-state index is 13.5.